The Bertz CT molecular complexity index is 871. The van der Waals surface area contributed by atoms with Crippen molar-refractivity contribution in [2.75, 3.05) is 18.0 Å². The van der Waals surface area contributed by atoms with Crippen LogP contribution in [0.3, 0.4) is 0 Å². The molecule has 1 aliphatic rings. The fraction of sp³-hybridized carbons (Fsp3) is 0.333. The number of guanidine groups is 1. The first-order chi connectivity index (χ1) is 12.6. The van der Waals surface area contributed by atoms with Crippen molar-refractivity contribution in [3.05, 3.63) is 40.4 Å². The lowest BCUT2D eigenvalue weighted by molar-refractivity contribution is -0.192. The fourth-order valence-corrected chi connectivity index (χ4v) is 3.52. The SMILES string of the molecule is CCNC(=N)N1CC(C)c2c1ccc1c(Br)cccc21.O=C(O)C(F)(F)F. The molecule has 5 nitrogen and oxygen atoms in total. The van der Waals surface area contributed by atoms with Gasteiger partial charge in [0.15, 0.2) is 5.96 Å². The zero-order valence-corrected chi connectivity index (χ0v) is 16.3. The van der Waals surface area contributed by atoms with Gasteiger partial charge in [0.1, 0.15) is 0 Å². The highest BCUT2D eigenvalue weighted by molar-refractivity contribution is 9.10. The third-order valence-corrected chi connectivity index (χ3v) is 4.82. The largest absolute Gasteiger partial charge is 0.490 e. The average molecular weight is 446 g/mol. The molecule has 0 bridgehead atoms. The number of alkyl halides is 3. The van der Waals surface area contributed by atoms with Gasteiger partial charge in [0.25, 0.3) is 0 Å². The molecule has 1 unspecified atom stereocenters. The maximum atomic E-state index is 10.6. The molecule has 146 valence electrons. The second-order valence-corrected chi connectivity index (χ2v) is 6.88. The van der Waals surface area contributed by atoms with Crippen molar-refractivity contribution in [2.24, 2.45) is 0 Å². The smallest absolute Gasteiger partial charge is 0.475 e. The zero-order valence-electron chi connectivity index (χ0n) is 14.7. The number of nitrogens with zero attached hydrogens (tertiary/aromatic N) is 1. The number of anilines is 1. The van der Waals surface area contributed by atoms with Gasteiger partial charge in [-0.1, -0.05) is 41.1 Å². The predicted octanol–water partition coefficient (Wildman–Crippen LogP) is 4.70. The van der Waals surface area contributed by atoms with Gasteiger partial charge in [0.2, 0.25) is 0 Å². The first-order valence-corrected chi connectivity index (χ1v) is 8.98. The van der Waals surface area contributed by atoms with Crippen LogP contribution in [0.4, 0.5) is 18.9 Å². The first kappa shape index (κ1) is 21.0. The Kier molecular flexibility index (Phi) is 6.35. The lowest BCUT2D eigenvalue weighted by Crippen LogP contribution is -2.39. The summed E-state index contributed by atoms with van der Waals surface area (Å²) in [5.41, 5.74) is 2.51. The van der Waals surface area contributed by atoms with E-state index in [2.05, 4.69) is 63.4 Å². The molecule has 1 atom stereocenters. The summed E-state index contributed by atoms with van der Waals surface area (Å²) in [5.74, 6) is -1.83. The molecule has 1 heterocycles. The van der Waals surface area contributed by atoms with E-state index in [1.54, 1.807) is 0 Å². The van der Waals surface area contributed by atoms with Gasteiger partial charge >= 0.3 is 12.1 Å². The third-order valence-electron chi connectivity index (χ3n) is 4.12. The summed E-state index contributed by atoms with van der Waals surface area (Å²) < 4.78 is 32.9. The van der Waals surface area contributed by atoms with Crippen LogP contribution in [0.25, 0.3) is 10.8 Å². The number of hydrogen-bond donors (Lipinski definition) is 3. The molecule has 0 fully saturated rings. The predicted molar refractivity (Wildman–Crippen MR) is 103 cm³/mol. The molecule has 2 aromatic carbocycles. The monoisotopic (exact) mass is 445 g/mol. The number of carbonyl (C=O) groups is 1. The maximum Gasteiger partial charge on any atom is 0.490 e. The molecule has 27 heavy (non-hydrogen) atoms. The molecule has 0 radical (unpaired) electrons. The van der Waals surface area contributed by atoms with Gasteiger partial charge in [-0.2, -0.15) is 13.2 Å². The van der Waals surface area contributed by atoms with E-state index in [0.29, 0.717) is 11.9 Å². The maximum absolute atomic E-state index is 10.6. The van der Waals surface area contributed by atoms with Crippen LogP contribution in [-0.4, -0.2) is 36.3 Å². The Hall–Kier alpha value is -2.29. The van der Waals surface area contributed by atoms with Gasteiger partial charge in [-0.3, -0.25) is 5.41 Å². The van der Waals surface area contributed by atoms with Gasteiger partial charge in [-0.05, 0) is 35.4 Å². The van der Waals surface area contributed by atoms with E-state index in [1.807, 2.05) is 6.92 Å². The van der Waals surface area contributed by atoms with Crippen LogP contribution in [0.15, 0.2) is 34.8 Å². The van der Waals surface area contributed by atoms with Crippen molar-refractivity contribution in [2.45, 2.75) is 25.9 Å². The molecule has 3 N–H and O–H groups in total. The second kappa shape index (κ2) is 8.16. The zero-order chi connectivity index (χ0) is 20.4. The van der Waals surface area contributed by atoms with Crippen molar-refractivity contribution in [3.8, 4) is 0 Å². The van der Waals surface area contributed by atoms with E-state index >= 15 is 0 Å². The molecule has 0 aromatic heterocycles. The van der Waals surface area contributed by atoms with Crippen LogP contribution < -0.4 is 10.2 Å². The third kappa shape index (κ3) is 4.52. The summed E-state index contributed by atoms with van der Waals surface area (Å²) in [7, 11) is 0. The van der Waals surface area contributed by atoms with Gasteiger partial charge in [-0.15, -0.1) is 0 Å². The molecule has 9 heteroatoms. The first-order valence-electron chi connectivity index (χ1n) is 8.19. The Morgan fingerprint density at radius 1 is 1.33 bits per heavy atom. The van der Waals surface area contributed by atoms with Crippen molar-refractivity contribution in [1.82, 2.24) is 5.32 Å². The number of aliphatic carboxylic acids is 1. The van der Waals surface area contributed by atoms with Crippen molar-refractivity contribution >= 4 is 44.3 Å². The molecule has 0 saturated carbocycles. The number of hydrogen-bond acceptors (Lipinski definition) is 2. The number of benzene rings is 2. The molecule has 0 spiro atoms. The van der Waals surface area contributed by atoms with Crippen molar-refractivity contribution < 1.29 is 23.1 Å². The minimum atomic E-state index is -5.08. The highest BCUT2D eigenvalue weighted by Crippen LogP contribution is 2.42. The Labute approximate surface area is 162 Å². The van der Waals surface area contributed by atoms with E-state index in [-0.39, 0.29) is 0 Å². The Balaban J connectivity index is 0.000000321. The van der Waals surface area contributed by atoms with E-state index in [0.717, 1.165) is 23.2 Å². The van der Waals surface area contributed by atoms with Crippen LogP contribution >= 0.6 is 15.9 Å². The van der Waals surface area contributed by atoms with Gasteiger partial charge in [-0.25, -0.2) is 4.79 Å². The molecule has 0 saturated heterocycles. The van der Waals surface area contributed by atoms with Gasteiger partial charge < -0.3 is 15.3 Å². The van der Waals surface area contributed by atoms with Crippen molar-refractivity contribution in [1.29, 1.82) is 5.41 Å². The summed E-state index contributed by atoms with van der Waals surface area (Å²) in [6.45, 7) is 5.90. The van der Waals surface area contributed by atoms with E-state index < -0.39 is 12.1 Å². The van der Waals surface area contributed by atoms with Crippen LogP contribution in [0, 0.1) is 5.41 Å². The molecule has 1 aliphatic heterocycles. The van der Waals surface area contributed by atoms with Gasteiger partial charge in [0, 0.05) is 29.2 Å². The highest BCUT2D eigenvalue weighted by Gasteiger charge is 2.38. The van der Waals surface area contributed by atoms with E-state index in [4.69, 9.17) is 15.3 Å². The Morgan fingerprint density at radius 3 is 2.52 bits per heavy atom. The average Bonchev–Trinajstić information content (AvgIpc) is 2.92. The number of rotatable bonds is 1. The fourth-order valence-electron chi connectivity index (χ4n) is 3.02. The number of fused-ring (bicyclic) bond motifs is 3. The Morgan fingerprint density at radius 2 is 1.96 bits per heavy atom. The molecular weight excluding hydrogens is 427 g/mol. The van der Waals surface area contributed by atoms with Crippen LogP contribution in [0.5, 0.6) is 0 Å². The molecular formula is C18H19BrF3N3O2. The highest BCUT2D eigenvalue weighted by atomic mass is 79.9. The molecule has 0 amide bonds. The van der Waals surface area contributed by atoms with Gasteiger partial charge in [0.05, 0.1) is 0 Å². The van der Waals surface area contributed by atoms with Crippen LogP contribution in [0.2, 0.25) is 0 Å². The molecule has 3 rings (SSSR count). The minimum Gasteiger partial charge on any atom is -0.475 e. The quantitative estimate of drug-likeness (QED) is 0.439. The van der Waals surface area contributed by atoms with Crippen molar-refractivity contribution in [3.63, 3.8) is 0 Å². The summed E-state index contributed by atoms with van der Waals surface area (Å²) in [6.07, 6.45) is -5.08. The van der Waals surface area contributed by atoms with Crippen LogP contribution in [-0.2, 0) is 4.79 Å². The minimum absolute atomic E-state index is 0.432. The number of carboxylic acid groups (broad SMARTS) is 1. The topological polar surface area (TPSA) is 76.4 Å². The number of carboxylic acids is 1. The number of nitrogens with one attached hydrogen (secondary N) is 2. The lowest BCUT2D eigenvalue weighted by atomic mass is 9.96. The lowest BCUT2D eigenvalue weighted by Gasteiger charge is -2.21. The summed E-state index contributed by atoms with van der Waals surface area (Å²) >= 11 is 3.63. The summed E-state index contributed by atoms with van der Waals surface area (Å²) in [4.78, 5) is 11.0. The summed E-state index contributed by atoms with van der Waals surface area (Å²) in [6, 6.07) is 10.6. The van der Waals surface area contributed by atoms with Crippen LogP contribution in [0.1, 0.15) is 25.3 Å². The summed E-state index contributed by atoms with van der Waals surface area (Å²) in [5, 5.41) is 20.9. The normalized spacial score (nSPS) is 15.8. The second-order valence-electron chi connectivity index (χ2n) is 6.03. The molecule has 0 aliphatic carbocycles. The standard InChI is InChI=1S/C16H18BrN3.C2HF3O2/c1-3-19-16(18)20-9-10(2)15-12-5-4-6-13(17)11(12)7-8-14(15)20;3-2(4,5)1(6)7/h4-8,10H,3,9H2,1-2H3,(H2,18,19);(H,6,7). The van der Waals surface area contributed by atoms with E-state index in [9.17, 15) is 13.2 Å². The molecule has 2 aromatic rings. The number of halogens is 4. The van der Waals surface area contributed by atoms with E-state index in [1.165, 1.54) is 16.3 Å².